The van der Waals surface area contributed by atoms with Gasteiger partial charge in [-0.3, -0.25) is 9.59 Å². The van der Waals surface area contributed by atoms with Crippen LogP contribution in [0.4, 0.5) is 0 Å². The number of nitrogens with one attached hydrogen (secondary N) is 1. The Bertz CT molecular complexity index is 1050. The first kappa shape index (κ1) is 22.2. The number of piperidine rings is 1. The van der Waals surface area contributed by atoms with Crippen LogP contribution < -0.4 is 5.32 Å². The molecule has 2 aromatic rings. The second-order valence-corrected chi connectivity index (χ2v) is 10.1. The van der Waals surface area contributed by atoms with Gasteiger partial charge in [0, 0.05) is 25.2 Å². The molecule has 1 heterocycles. The predicted molar refractivity (Wildman–Crippen MR) is 116 cm³/mol. The van der Waals surface area contributed by atoms with Crippen molar-refractivity contribution in [1.29, 1.82) is 0 Å². The van der Waals surface area contributed by atoms with Crippen LogP contribution in [0.15, 0.2) is 53.4 Å². The van der Waals surface area contributed by atoms with E-state index in [2.05, 4.69) is 5.32 Å². The maximum Gasteiger partial charge on any atom is 0.243 e. The largest absolute Gasteiger partial charge is 0.352 e. The molecule has 1 atom stereocenters. The number of carbonyl (C=O) groups is 2. The Labute approximate surface area is 178 Å². The molecule has 7 heteroatoms. The minimum atomic E-state index is -3.74. The summed E-state index contributed by atoms with van der Waals surface area (Å²) in [6.07, 6.45) is 1.24. The molecule has 0 aromatic heterocycles. The van der Waals surface area contributed by atoms with Crippen molar-refractivity contribution >= 4 is 21.7 Å². The Kier molecular flexibility index (Phi) is 6.43. The number of hydrogen-bond acceptors (Lipinski definition) is 4. The van der Waals surface area contributed by atoms with Crippen molar-refractivity contribution < 1.29 is 18.0 Å². The quantitative estimate of drug-likeness (QED) is 0.716. The molecule has 1 amide bonds. The number of aryl methyl sites for hydroxylation is 1. The highest BCUT2D eigenvalue weighted by molar-refractivity contribution is 7.89. The highest BCUT2D eigenvalue weighted by atomic mass is 32.2. The average Bonchev–Trinajstić information content (AvgIpc) is 2.73. The number of nitrogens with zero attached hydrogens (tertiary/aromatic N) is 1. The standard InChI is InChI=1S/C23H28N2O4S/c1-17-7-4-5-8-20(17)15-24-22(27)23(3)13-6-14-25(16-23)30(28,29)21-11-9-19(10-12-21)18(2)26/h4-5,7-12H,6,13-16H2,1-3H3,(H,24,27). The summed E-state index contributed by atoms with van der Waals surface area (Å²) < 4.78 is 27.6. The van der Waals surface area contributed by atoms with E-state index in [0.29, 0.717) is 31.5 Å². The van der Waals surface area contributed by atoms with E-state index < -0.39 is 15.4 Å². The summed E-state index contributed by atoms with van der Waals surface area (Å²) in [6.45, 7) is 6.17. The van der Waals surface area contributed by atoms with E-state index in [4.69, 9.17) is 0 Å². The minimum Gasteiger partial charge on any atom is -0.352 e. The number of rotatable bonds is 6. The molecule has 1 unspecified atom stereocenters. The summed E-state index contributed by atoms with van der Waals surface area (Å²) in [7, 11) is -3.74. The zero-order valence-electron chi connectivity index (χ0n) is 17.6. The zero-order valence-corrected chi connectivity index (χ0v) is 18.5. The molecule has 0 radical (unpaired) electrons. The van der Waals surface area contributed by atoms with Crippen LogP contribution in [0.2, 0.25) is 0 Å². The Hall–Kier alpha value is -2.51. The molecule has 0 spiro atoms. The molecule has 30 heavy (non-hydrogen) atoms. The molecule has 2 aromatic carbocycles. The van der Waals surface area contributed by atoms with Gasteiger partial charge in [0.05, 0.1) is 10.3 Å². The van der Waals surface area contributed by atoms with E-state index in [1.807, 2.05) is 38.1 Å². The van der Waals surface area contributed by atoms with Gasteiger partial charge in [-0.25, -0.2) is 8.42 Å². The van der Waals surface area contributed by atoms with Crippen LogP contribution >= 0.6 is 0 Å². The fraction of sp³-hybridized carbons (Fsp3) is 0.391. The van der Waals surface area contributed by atoms with Gasteiger partial charge in [-0.1, -0.05) is 36.4 Å². The van der Waals surface area contributed by atoms with E-state index in [1.165, 1.54) is 35.5 Å². The highest BCUT2D eigenvalue weighted by Crippen LogP contribution is 2.33. The molecule has 0 saturated carbocycles. The molecule has 1 N–H and O–H groups in total. The Morgan fingerprint density at radius 2 is 1.77 bits per heavy atom. The smallest absolute Gasteiger partial charge is 0.243 e. The maximum absolute atomic E-state index is 13.1. The third-order valence-corrected chi connectivity index (χ3v) is 7.67. The van der Waals surface area contributed by atoms with Crippen molar-refractivity contribution in [3.63, 3.8) is 0 Å². The van der Waals surface area contributed by atoms with Crippen molar-refractivity contribution in [3.05, 3.63) is 65.2 Å². The topological polar surface area (TPSA) is 83.6 Å². The number of sulfonamides is 1. The molecule has 1 fully saturated rings. The van der Waals surface area contributed by atoms with Crippen LogP contribution in [-0.2, 0) is 21.4 Å². The first-order valence-corrected chi connectivity index (χ1v) is 11.5. The third-order valence-electron chi connectivity index (χ3n) is 5.81. The first-order valence-electron chi connectivity index (χ1n) is 10.1. The number of benzene rings is 2. The van der Waals surface area contributed by atoms with Crippen molar-refractivity contribution in [2.45, 2.75) is 45.1 Å². The van der Waals surface area contributed by atoms with Crippen LogP contribution in [0, 0.1) is 12.3 Å². The van der Waals surface area contributed by atoms with Crippen molar-refractivity contribution in [1.82, 2.24) is 9.62 Å². The fourth-order valence-corrected chi connectivity index (χ4v) is 5.39. The third kappa shape index (κ3) is 4.63. The van der Waals surface area contributed by atoms with Crippen molar-refractivity contribution in [2.75, 3.05) is 13.1 Å². The SMILES string of the molecule is CC(=O)c1ccc(S(=O)(=O)N2CCCC(C)(C(=O)NCc3ccccc3C)C2)cc1. The summed E-state index contributed by atoms with van der Waals surface area (Å²) in [5, 5.41) is 2.98. The molecule has 160 valence electrons. The lowest BCUT2D eigenvalue weighted by atomic mass is 9.82. The van der Waals surface area contributed by atoms with E-state index in [1.54, 1.807) is 0 Å². The lowest BCUT2D eigenvalue weighted by molar-refractivity contribution is -0.132. The van der Waals surface area contributed by atoms with Gasteiger partial charge in [-0.2, -0.15) is 4.31 Å². The normalized spacial score (nSPS) is 20.0. The highest BCUT2D eigenvalue weighted by Gasteiger charge is 2.41. The number of ketones is 1. The first-order chi connectivity index (χ1) is 14.1. The van der Waals surface area contributed by atoms with Crippen LogP contribution in [0.1, 0.15) is 48.2 Å². The summed E-state index contributed by atoms with van der Waals surface area (Å²) >= 11 is 0. The summed E-state index contributed by atoms with van der Waals surface area (Å²) in [5.74, 6) is -0.257. The van der Waals surface area contributed by atoms with Gasteiger partial charge < -0.3 is 5.32 Å². The lowest BCUT2D eigenvalue weighted by Crippen LogP contribution is -2.51. The van der Waals surface area contributed by atoms with E-state index >= 15 is 0 Å². The molecule has 0 aliphatic carbocycles. The van der Waals surface area contributed by atoms with Crippen LogP contribution in [0.3, 0.4) is 0 Å². The Morgan fingerprint density at radius 3 is 2.40 bits per heavy atom. The fourth-order valence-electron chi connectivity index (χ4n) is 3.79. The Balaban J connectivity index is 1.73. The van der Waals surface area contributed by atoms with E-state index in [0.717, 1.165) is 11.1 Å². The molecule has 6 nitrogen and oxygen atoms in total. The summed E-state index contributed by atoms with van der Waals surface area (Å²) in [4.78, 5) is 24.5. The van der Waals surface area contributed by atoms with Gasteiger partial charge >= 0.3 is 0 Å². The van der Waals surface area contributed by atoms with Crippen LogP contribution in [0.5, 0.6) is 0 Å². The molecule has 1 aliphatic rings. The van der Waals surface area contributed by atoms with Crippen LogP contribution in [-0.4, -0.2) is 37.5 Å². The van der Waals surface area contributed by atoms with Gasteiger partial charge in [0.25, 0.3) is 0 Å². The zero-order chi connectivity index (χ0) is 21.9. The number of amides is 1. The van der Waals surface area contributed by atoms with Crippen LogP contribution in [0.25, 0.3) is 0 Å². The predicted octanol–water partition coefficient (Wildman–Crippen LogP) is 3.30. The average molecular weight is 429 g/mol. The second kappa shape index (κ2) is 8.70. The van der Waals surface area contributed by atoms with Crippen molar-refractivity contribution in [2.24, 2.45) is 5.41 Å². The molecular formula is C23H28N2O4S. The molecular weight excluding hydrogens is 400 g/mol. The van der Waals surface area contributed by atoms with E-state index in [9.17, 15) is 18.0 Å². The monoisotopic (exact) mass is 428 g/mol. The number of carbonyl (C=O) groups excluding carboxylic acids is 2. The number of Topliss-reactive ketones (excluding diaryl/α,β-unsaturated/α-hetero) is 1. The molecule has 3 rings (SSSR count). The lowest BCUT2D eigenvalue weighted by Gasteiger charge is -2.38. The second-order valence-electron chi connectivity index (χ2n) is 8.19. The maximum atomic E-state index is 13.1. The Morgan fingerprint density at radius 1 is 1.10 bits per heavy atom. The number of hydrogen-bond donors (Lipinski definition) is 1. The van der Waals surface area contributed by atoms with Gasteiger partial charge in [0.15, 0.2) is 5.78 Å². The molecule has 0 bridgehead atoms. The van der Waals surface area contributed by atoms with E-state index in [-0.39, 0.29) is 23.1 Å². The molecule has 1 aliphatic heterocycles. The van der Waals surface area contributed by atoms with Gasteiger partial charge in [-0.15, -0.1) is 0 Å². The minimum absolute atomic E-state index is 0.116. The van der Waals surface area contributed by atoms with Gasteiger partial charge in [-0.05, 0) is 56.9 Å². The summed E-state index contributed by atoms with van der Waals surface area (Å²) in [5.41, 5.74) is 1.81. The van der Waals surface area contributed by atoms with Crippen molar-refractivity contribution in [3.8, 4) is 0 Å². The molecule has 1 saturated heterocycles. The van der Waals surface area contributed by atoms with Gasteiger partial charge in [0.1, 0.15) is 0 Å². The van der Waals surface area contributed by atoms with Gasteiger partial charge in [0.2, 0.25) is 15.9 Å². The summed E-state index contributed by atoms with van der Waals surface area (Å²) in [6, 6.07) is 13.8.